The van der Waals surface area contributed by atoms with Crippen molar-refractivity contribution < 1.29 is 14.3 Å². The minimum absolute atomic E-state index is 0.127. The van der Waals surface area contributed by atoms with Gasteiger partial charge in [-0.2, -0.15) is 0 Å². The van der Waals surface area contributed by atoms with E-state index in [1.54, 1.807) is 24.3 Å². The molecule has 0 aliphatic rings. The molecule has 3 aromatic rings. The molecule has 3 rings (SSSR count). The van der Waals surface area contributed by atoms with Crippen LogP contribution in [-0.4, -0.2) is 39.2 Å². The molecule has 0 saturated carbocycles. The summed E-state index contributed by atoms with van der Waals surface area (Å²) in [5.74, 6) is 1.20. The van der Waals surface area contributed by atoms with E-state index < -0.39 is 0 Å². The average Bonchev–Trinajstić information content (AvgIpc) is 3.26. The molecule has 144 valence electrons. The van der Waals surface area contributed by atoms with Crippen molar-refractivity contribution >= 4 is 11.9 Å². The molecule has 1 aromatic heterocycles. The van der Waals surface area contributed by atoms with E-state index in [0.29, 0.717) is 30.3 Å². The molecular weight excluding hydrogens is 356 g/mol. The number of hydrogen-bond acceptors (Lipinski definition) is 6. The summed E-state index contributed by atoms with van der Waals surface area (Å²) in [7, 11) is 0. The molecule has 28 heavy (non-hydrogen) atoms. The molecule has 1 heterocycles. The average molecular weight is 378 g/mol. The van der Waals surface area contributed by atoms with Crippen LogP contribution in [0, 0.1) is 0 Å². The van der Waals surface area contributed by atoms with Gasteiger partial charge in [0, 0.05) is 11.1 Å². The number of ether oxygens (including phenoxy) is 2. The zero-order chi connectivity index (χ0) is 19.8. The van der Waals surface area contributed by atoms with Gasteiger partial charge in [-0.05, 0) is 54.1 Å². The highest BCUT2D eigenvalue weighted by atomic mass is 16.5. The molecule has 0 aliphatic carbocycles. The van der Waals surface area contributed by atoms with Crippen LogP contribution in [0.15, 0.2) is 54.9 Å². The molecule has 7 heteroatoms. The van der Waals surface area contributed by atoms with Crippen LogP contribution in [0.5, 0.6) is 11.5 Å². The first kappa shape index (κ1) is 19.3. The van der Waals surface area contributed by atoms with Gasteiger partial charge in [0.05, 0.1) is 18.9 Å². The molecule has 0 saturated heterocycles. The van der Waals surface area contributed by atoms with Gasteiger partial charge in [0.15, 0.2) is 17.3 Å². The third-order valence-corrected chi connectivity index (χ3v) is 3.92. The molecular formula is C21H22N4O3. The summed E-state index contributed by atoms with van der Waals surface area (Å²) < 4.78 is 13.0. The minimum Gasteiger partial charge on any atom is -0.490 e. The van der Waals surface area contributed by atoms with Crippen molar-refractivity contribution in [1.29, 1.82) is 0 Å². The number of carbonyl (C=O) groups excluding carboxylic acids is 1. The zero-order valence-corrected chi connectivity index (χ0v) is 15.9. The van der Waals surface area contributed by atoms with Crippen molar-refractivity contribution in [3.05, 3.63) is 66.0 Å². The number of carbonyl (C=O) groups is 1. The fourth-order valence-electron chi connectivity index (χ4n) is 2.63. The smallest absolute Gasteiger partial charge is 0.185 e. The number of benzene rings is 2. The maximum Gasteiger partial charge on any atom is 0.185 e. The van der Waals surface area contributed by atoms with Gasteiger partial charge in [-0.1, -0.05) is 31.2 Å². The molecule has 0 aliphatic heterocycles. The summed E-state index contributed by atoms with van der Waals surface area (Å²) in [5, 5.41) is 11.1. The summed E-state index contributed by atoms with van der Waals surface area (Å²) in [6.45, 7) is 5.08. The van der Waals surface area contributed by atoms with Crippen molar-refractivity contribution in [2.24, 2.45) is 0 Å². The minimum atomic E-state index is -0.127. The van der Waals surface area contributed by atoms with Crippen LogP contribution in [0.3, 0.4) is 0 Å². The molecule has 0 fully saturated rings. The lowest BCUT2D eigenvalue weighted by atomic mass is 10.1. The number of aromatic nitrogens is 4. The van der Waals surface area contributed by atoms with E-state index in [1.165, 1.54) is 17.1 Å². The van der Waals surface area contributed by atoms with Crippen LogP contribution in [-0.2, 0) is 0 Å². The summed E-state index contributed by atoms with van der Waals surface area (Å²) in [4.78, 5) is 12.7. The van der Waals surface area contributed by atoms with Crippen LogP contribution in [0.4, 0.5) is 0 Å². The number of ketones is 1. The third-order valence-electron chi connectivity index (χ3n) is 3.92. The highest BCUT2D eigenvalue weighted by Gasteiger charge is 2.10. The second-order valence-corrected chi connectivity index (χ2v) is 5.96. The van der Waals surface area contributed by atoms with E-state index in [-0.39, 0.29) is 5.78 Å². The fourth-order valence-corrected chi connectivity index (χ4v) is 2.63. The van der Waals surface area contributed by atoms with E-state index in [4.69, 9.17) is 9.47 Å². The molecule has 0 atom stereocenters. The lowest BCUT2D eigenvalue weighted by Gasteiger charge is -2.13. The first-order chi connectivity index (χ1) is 13.7. The number of para-hydroxylation sites is 1. The quantitative estimate of drug-likeness (QED) is 0.417. The Bertz CT molecular complexity index is 952. The van der Waals surface area contributed by atoms with Gasteiger partial charge < -0.3 is 9.47 Å². The van der Waals surface area contributed by atoms with E-state index in [0.717, 1.165) is 17.7 Å². The van der Waals surface area contributed by atoms with Gasteiger partial charge in [0.1, 0.15) is 6.33 Å². The van der Waals surface area contributed by atoms with Gasteiger partial charge in [-0.3, -0.25) is 4.79 Å². The normalized spacial score (nSPS) is 10.9. The predicted molar refractivity (Wildman–Crippen MR) is 106 cm³/mol. The Labute approximate surface area is 163 Å². The standard InChI is InChI=1S/C21H22N4O3/c1-3-13-28-21-16(7-6-10-20(21)27-4-2)11-12-19(26)17-8-5-9-18(14-17)25-15-22-23-24-25/h5-12,14-15H,3-4,13H2,1-2H3/b12-11+. The fraction of sp³-hybridized carbons (Fsp3) is 0.238. The summed E-state index contributed by atoms with van der Waals surface area (Å²) in [6.07, 6.45) is 5.64. The van der Waals surface area contributed by atoms with Gasteiger partial charge in [-0.15, -0.1) is 5.10 Å². The van der Waals surface area contributed by atoms with Crippen molar-refractivity contribution in [2.75, 3.05) is 13.2 Å². The zero-order valence-electron chi connectivity index (χ0n) is 15.9. The molecule has 0 amide bonds. The molecule has 7 nitrogen and oxygen atoms in total. The van der Waals surface area contributed by atoms with E-state index in [1.807, 2.05) is 38.1 Å². The monoisotopic (exact) mass is 378 g/mol. The Morgan fingerprint density at radius 2 is 2.00 bits per heavy atom. The van der Waals surface area contributed by atoms with E-state index in [9.17, 15) is 4.79 Å². The lowest BCUT2D eigenvalue weighted by Crippen LogP contribution is -2.02. The molecule has 0 radical (unpaired) electrons. The molecule has 0 N–H and O–H groups in total. The van der Waals surface area contributed by atoms with Gasteiger partial charge in [-0.25, -0.2) is 4.68 Å². The van der Waals surface area contributed by atoms with Crippen molar-refractivity contribution in [3.8, 4) is 17.2 Å². The number of nitrogens with zero attached hydrogens (tertiary/aromatic N) is 4. The largest absolute Gasteiger partial charge is 0.490 e. The predicted octanol–water partition coefficient (Wildman–Crippen LogP) is 3.75. The molecule has 0 unspecified atom stereocenters. The van der Waals surface area contributed by atoms with Gasteiger partial charge >= 0.3 is 0 Å². The number of hydrogen-bond donors (Lipinski definition) is 0. The second-order valence-electron chi connectivity index (χ2n) is 5.96. The summed E-state index contributed by atoms with van der Waals surface area (Å²) in [5.41, 5.74) is 2.06. The Hall–Kier alpha value is -3.48. The maximum atomic E-state index is 12.7. The Morgan fingerprint density at radius 1 is 1.14 bits per heavy atom. The SMILES string of the molecule is CCCOc1c(/C=C/C(=O)c2cccc(-n3cnnn3)c2)cccc1OCC. The van der Waals surface area contributed by atoms with E-state index >= 15 is 0 Å². The Morgan fingerprint density at radius 3 is 2.75 bits per heavy atom. The number of tetrazole rings is 1. The lowest BCUT2D eigenvalue weighted by molar-refractivity contribution is 0.104. The van der Waals surface area contributed by atoms with Crippen LogP contribution in [0.2, 0.25) is 0 Å². The van der Waals surface area contributed by atoms with Crippen LogP contribution in [0.1, 0.15) is 36.2 Å². The van der Waals surface area contributed by atoms with Gasteiger partial charge in [0.2, 0.25) is 0 Å². The van der Waals surface area contributed by atoms with Crippen molar-refractivity contribution in [2.45, 2.75) is 20.3 Å². The second kappa shape index (κ2) is 9.45. The van der Waals surface area contributed by atoms with Crippen molar-refractivity contribution in [1.82, 2.24) is 20.2 Å². The Kier molecular flexibility index (Phi) is 6.51. The summed E-state index contributed by atoms with van der Waals surface area (Å²) >= 11 is 0. The molecule has 0 spiro atoms. The van der Waals surface area contributed by atoms with E-state index in [2.05, 4.69) is 15.5 Å². The number of rotatable bonds is 9. The van der Waals surface area contributed by atoms with Crippen molar-refractivity contribution in [3.63, 3.8) is 0 Å². The highest BCUT2D eigenvalue weighted by molar-refractivity contribution is 6.07. The summed E-state index contributed by atoms with van der Waals surface area (Å²) in [6, 6.07) is 12.8. The topological polar surface area (TPSA) is 79.1 Å². The maximum absolute atomic E-state index is 12.7. The first-order valence-electron chi connectivity index (χ1n) is 9.17. The van der Waals surface area contributed by atoms with Gasteiger partial charge in [0.25, 0.3) is 0 Å². The third kappa shape index (κ3) is 4.62. The molecule has 0 bridgehead atoms. The van der Waals surface area contributed by atoms with Crippen LogP contribution < -0.4 is 9.47 Å². The van der Waals surface area contributed by atoms with Crippen LogP contribution >= 0.6 is 0 Å². The Balaban J connectivity index is 1.84. The van der Waals surface area contributed by atoms with Crippen LogP contribution in [0.25, 0.3) is 11.8 Å². The number of allylic oxidation sites excluding steroid dienone is 1. The highest BCUT2D eigenvalue weighted by Crippen LogP contribution is 2.32. The molecule has 2 aromatic carbocycles. The first-order valence-corrected chi connectivity index (χ1v) is 9.17.